The van der Waals surface area contributed by atoms with E-state index in [4.69, 9.17) is 9.10 Å². The molecular weight excluding hydrogens is 724 g/mol. The predicted octanol–water partition coefficient (Wildman–Crippen LogP) is 8.77. The molecule has 5 nitrogen and oxygen atoms in total. The van der Waals surface area contributed by atoms with E-state index in [1.807, 2.05) is 95.6 Å². The van der Waals surface area contributed by atoms with Crippen molar-refractivity contribution in [2.75, 3.05) is 0 Å². The summed E-state index contributed by atoms with van der Waals surface area (Å²) < 4.78 is 26.6. The van der Waals surface area contributed by atoms with E-state index in [-0.39, 0.29) is 32.4 Å². The van der Waals surface area contributed by atoms with Crippen LogP contribution in [0.1, 0.15) is 15.2 Å². The van der Waals surface area contributed by atoms with Gasteiger partial charge in [-0.05, 0) is 53.6 Å². The van der Waals surface area contributed by atoms with Gasteiger partial charge in [0.25, 0.3) is 0 Å². The van der Waals surface area contributed by atoms with Gasteiger partial charge in [-0.1, -0.05) is 84.7 Å². The van der Waals surface area contributed by atoms with Gasteiger partial charge in [-0.3, -0.25) is 9.55 Å². The number of aromatic nitrogens is 3. The first kappa shape index (κ1) is 25.2. The summed E-state index contributed by atoms with van der Waals surface area (Å²) >= 11 is 0. The molecule has 0 unspecified atom stereocenters. The number of pyridine rings is 1. The van der Waals surface area contributed by atoms with Gasteiger partial charge in [0, 0.05) is 48.3 Å². The predicted molar refractivity (Wildman–Crippen MR) is 171 cm³/mol. The van der Waals surface area contributed by atoms with Crippen molar-refractivity contribution in [3.8, 4) is 62.4 Å². The molecule has 6 heteroatoms. The van der Waals surface area contributed by atoms with Crippen LogP contribution in [0.15, 0.2) is 128 Å². The Morgan fingerprint density at radius 3 is 2.34 bits per heavy atom. The fourth-order valence-electron chi connectivity index (χ4n) is 5.41. The summed E-state index contributed by atoms with van der Waals surface area (Å²) in [6, 6.07) is 42.8. The zero-order chi connectivity index (χ0) is 31.8. The van der Waals surface area contributed by atoms with Crippen molar-refractivity contribution in [2.45, 2.75) is 6.85 Å². The van der Waals surface area contributed by atoms with Crippen LogP contribution in [0.3, 0.4) is 0 Å². The van der Waals surface area contributed by atoms with Gasteiger partial charge in [0.2, 0.25) is 0 Å². The molecule has 0 saturated heterocycles. The molecule has 1 N–H and O–H groups in total. The standard InChI is InChI=1S/C38H25N4O.Pt/c1-25-20-29(22-30(21-25)36-28(24-39)12-9-19-40-36)32-15-8-16-34-37(32)41-38(42(34)31-13-6-3-7-14-31)33-23-27(17-18-35(33)43)26-10-4-2-5-11-26;/h2-21,23,43H,1H3;/q-1;/i1D3;. The Morgan fingerprint density at radius 2 is 1.57 bits per heavy atom. The molecule has 0 fully saturated rings. The van der Waals surface area contributed by atoms with Gasteiger partial charge >= 0.3 is 0 Å². The van der Waals surface area contributed by atoms with Crippen LogP contribution in [0.2, 0.25) is 0 Å². The molecule has 0 aliphatic heterocycles. The molecule has 44 heavy (non-hydrogen) atoms. The van der Waals surface area contributed by atoms with E-state index in [0.717, 1.165) is 22.3 Å². The molecule has 5 aromatic carbocycles. The molecule has 0 amide bonds. The number of fused-ring (bicyclic) bond motifs is 1. The van der Waals surface area contributed by atoms with Crippen LogP contribution in [0.5, 0.6) is 5.75 Å². The maximum absolute atomic E-state index is 11.2. The summed E-state index contributed by atoms with van der Waals surface area (Å²) in [6.07, 6.45) is 1.57. The van der Waals surface area contributed by atoms with Gasteiger partial charge in [0.05, 0.1) is 22.7 Å². The van der Waals surface area contributed by atoms with Gasteiger partial charge < -0.3 is 5.11 Å². The smallest absolute Gasteiger partial charge is 0.148 e. The number of nitriles is 1. The first-order valence-electron chi connectivity index (χ1n) is 15.2. The Labute approximate surface area is 274 Å². The van der Waals surface area contributed by atoms with Crippen molar-refractivity contribution >= 4 is 11.0 Å². The number of aromatic hydroxyl groups is 1. The SMILES string of the molecule is [2H]C([2H])([2H])c1cc(-c2ncccc2C#N)[c-]c(-c2cccc3c2nc(-c2cc(-c4ccccc4)ccc2O)n3-c2ccccc2)c1.[Pt]. The number of hydrogen-bond acceptors (Lipinski definition) is 4. The van der Waals surface area contributed by atoms with Crippen LogP contribution in [0, 0.1) is 24.2 Å². The van der Waals surface area contributed by atoms with Gasteiger partial charge in [0.1, 0.15) is 11.6 Å². The van der Waals surface area contributed by atoms with E-state index < -0.39 is 6.85 Å². The van der Waals surface area contributed by atoms with Crippen molar-refractivity contribution < 1.29 is 30.3 Å². The number of rotatable bonds is 5. The second kappa shape index (κ2) is 12.1. The number of para-hydroxylation sites is 2. The molecule has 2 heterocycles. The summed E-state index contributed by atoms with van der Waals surface area (Å²) in [5.74, 6) is 0.596. The fraction of sp³-hybridized carbons (Fsp3) is 0.0263. The number of imidazole rings is 1. The third-order valence-corrected chi connectivity index (χ3v) is 7.39. The molecule has 7 aromatic rings. The van der Waals surface area contributed by atoms with E-state index in [1.165, 1.54) is 6.07 Å². The molecule has 0 radical (unpaired) electrons. The third-order valence-electron chi connectivity index (χ3n) is 7.39. The van der Waals surface area contributed by atoms with Crippen molar-refractivity contribution in [3.05, 3.63) is 145 Å². The summed E-state index contributed by atoms with van der Waals surface area (Å²) in [4.78, 5) is 9.53. The van der Waals surface area contributed by atoms with E-state index in [2.05, 4.69) is 17.1 Å². The number of nitrogens with zero attached hydrogens (tertiary/aromatic N) is 4. The Balaban J connectivity index is 0.00000386. The monoisotopic (exact) mass is 751 g/mol. The van der Waals surface area contributed by atoms with Gasteiger partial charge in [0.15, 0.2) is 0 Å². The van der Waals surface area contributed by atoms with E-state index in [0.29, 0.717) is 44.9 Å². The van der Waals surface area contributed by atoms with Gasteiger partial charge in [-0.2, -0.15) is 5.26 Å². The molecule has 0 spiro atoms. The van der Waals surface area contributed by atoms with E-state index in [1.54, 1.807) is 30.5 Å². The molecule has 0 saturated carbocycles. The quantitative estimate of drug-likeness (QED) is 0.179. The number of phenols is 1. The van der Waals surface area contributed by atoms with Crippen LogP contribution in [0.25, 0.3) is 61.6 Å². The van der Waals surface area contributed by atoms with Crippen LogP contribution in [0.4, 0.5) is 0 Å². The van der Waals surface area contributed by atoms with Crippen molar-refractivity contribution in [1.82, 2.24) is 14.5 Å². The molecule has 0 atom stereocenters. The topological polar surface area (TPSA) is 74.7 Å². The minimum Gasteiger partial charge on any atom is -0.507 e. The fourth-order valence-corrected chi connectivity index (χ4v) is 5.41. The molecule has 2 aromatic heterocycles. The first-order valence-corrected chi connectivity index (χ1v) is 13.7. The zero-order valence-corrected chi connectivity index (χ0v) is 25.4. The maximum Gasteiger partial charge on any atom is 0.148 e. The molecule has 7 rings (SSSR count). The number of aryl methyl sites for hydroxylation is 1. The Bertz CT molecular complexity index is 2280. The molecule has 214 valence electrons. The average Bonchev–Trinajstić information content (AvgIpc) is 3.48. The van der Waals surface area contributed by atoms with Crippen LogP contribution >= 0.6 is 0 Å². The second-order valence-corrected chi connectivity index (χ2v) is 10.1. The number of hydrogen-bond donors (Lipinski definition) is 1. The Kier molecular flexibility index (Phi) is 6.95. The summed E-state index contributed by atoms with van der Waals surface area (Å²) in [6.45, 7) is -2.42. The van der Waals surface area contributed by atoms with Crippen molar-refractivity contribution in [2.24, 2.45) is 0 Å². The zero-order valence-electron chi connectivity index (χ0n) is 26.2. The van der Waals surface area contributed by atoms with Crippen molar-refractivity contribution in [1.29, 1.82) is 5.26 Å². The Hall–Kier alpha value is -5.30. The Morgan fingerprint density at radius 1 is 0.795 bits per heavy atom. The van der Waals surface area contributed by atoms with E-state index in [9.17, 15) is 10.4 Å². The molecule has 0 aliphatic carbocycles. The summed E-state index contributed by atoms with van der Waals surface area (Å²) in [7, 11) is 0. The summed E-state index contributed by atoms with van der Waals surface area (Å²) in [5.41, 5.74) is 6.96. The first-order chi connectivity index (χ1) is 22.3. The van der Waals surface area contributed by atoms with Gasteiger partial charge in [-0.15, -0.1) is 29.3 Å². The minimum absolute atomic E-state index is 0. The average molecular weight is 752 g/mol. The van der Waals surface area contributed by atoms with Gasteiger partial charge in [-0.25, -0.2) is 4.98 Å². The van der Waals surface area contributed by atoms with Crippen LogP contribution in [-0.2, 0) is 21.1 Å². The number of benzene rings is 5. The molecular formula is C38H25N4OPt-. The minimum atomic E-state index is -2.42. The number of phenolic OH excluding ortho intramolecular Hbond substituents is 1. The third kappa shape index (κ3) is 5.22. The van der Waals surface area contributed by atoms with Crippen molar-refractivity contribution in [3.63, 3.8) is 0 Å². The second-order valence-electron chi connectivity index (χ2n) is 10.1. The summed E-state index contributed by atoms with van der Waals surface area (Å²) in [5, 5.41) is 21.0. The van der Waals surface area contributed by atoms with Crippen LogP contribution < -0.4 is 0 Å². The maximum atomic E-state index is 11.2. The normalized spacial score (nSPS) is 12.0. The molecule has 0 bridgehead atoms. The largest absolute Gasteiger partial charge is 0.507 e. The molecule has 0 aliphatic rings. The van der Waals surface area contributed by atoms with E-state index >= 15 is 0 Å². The van der Waals surface area contributed by atoms with Crippen LogP contribution in [-0.4, -0.2) is 19.6 Å².